The van der Waals surface area contributed by atoms with Crippen molar-refractivity contribution in [2.75, 3.05) is 26.8 Å². The topological polar surface area (TPSA) is 102 Å². The number of halogens is 1. The van der Waals surface area contributed by atoms with Crippen LogP contribution in [-0.2, 0) is 23.9 Å². The zero-order chi connectivity index (χ0) is 22.3. The molecule has 0 spiro atoms. The first-order valence-corrected chi connectivity index (χ1v) is 10.2. The lowest BCUT2D eigenvalue weighted by Crippen LogP contribution is -2.47. The van der Waals surface area contributed by atoms with Gasteiger partial charge in [0.15, 0.2) is 6.61 Å². The highest BCUT2D eigenvalue weighted by atomic mass is 35.5. The highest BCUT2D eigenvalue weighted by Gasteiger charge is 2.30. The van der Waals surface area contributed by atoms with Crippen LogP contribution < -0.4 is 5.32 Å². The highest BCUT2D eigenvalue weighted by molar-refractivity contribution is 6.33. The first-order chi connectivity index (χ1) is 14.2. The van der Waals surface area contributed by atoms with Crippen LogP contribution in [0.2, 0.25) is 5.02 Å². The van der Waals surface area contributed by atoms with Gasteiger partial charge < -0.3 is 19.7 Å². The van der Waals surface area contributed by atoms with Crippen molar-refractivity contribution in [2.24, 2.45) is 11.8 Å². The number of ether oxygens (including phenoxy) is 2. The summed E-state index contributed by atoms with van der Waals surface area (Å²) in [7, 11) is 1.34. The number of likely N-dealkylation sites (tertiary alicyclic amines) is 1. The van der Waals surface area contributed by atoms with E-state index in [4.69, 9.17) is 21.1 Å². The summed E-state index contributed by atoms with van der Waals surface area (Å²) in [5.41, 5.74) is 0.252. The lowest BCUT2D eigenvalue weighted by molar-refractivity contribution is -0.156. The van der Waals surface area contributed by atoms with Gasteiger partial charge in [-0.05, 0) is 30.9 Å². The molecule has 0 bridgehead atoms. The smallest absolute Gasteiger partial charge is 0.329 e. The van der Waals surface area contributed by atoms with E-state index in [1.54, 1.807) is 43.0 Å². The maximum atomic E-state index is 12.5. The van der Waals surface area contributed by atoms with Crippen LogP contribution in [0.1, 0.15) is 37.0 Å². The standard InChI is InChI=1S/C21H27ClN2O6/c1-13(2)18(23-19(26)15-6-4-5-7-16(15)22)21(28)30-12-17(25)24-10-8-14(9-11-24)20(27)29-3/h4-7,13-14,18H,8-12H2,1-3H3,(H,23,26)/t18-/m0/s1. The Morgan fingerprint density at radius 2 is 1.80 bits per heavy atom. The Morgan fingerprint density at radius 3 is 2.37 bits per heavy atom. The van der Waals surface area contributed by atoms with E-state index < -0.39 is 24.5 Å². The predicted octanol–water partition coefficient (Wildman–Crippen LogP) is 2.05. The molecule has 0 aliphatic carbocycles. The van der Waals surface area contributed by atoms with E-state index in [1.165, 1.54) is 7.11 Å². The van der Waals surface area contributed by atoms with Crippen LogP contribution in [0.4, 0.5) is 0 Å². The van der Waals surface area contributed by atoms with Crippen LogP contribution in [-0.4, -0.2) is 61.5 Å². The minimum absolute atomic E-state index is 0.216. The number of hydrogen-bond acceptors (Lipinski definition) is 6. The van der Waals surface area contributed by atoms with Crippen molar-refractivity contribution in [2.45, 2.75) is 32.7 Å². The minimum Gasteiger partial charge on any atom is -0.469 e. The third-order valence-corrected chi connectivity index (χ3v) is 5.38. The minimum atomic E-state index is -0.924. The Morgan fingerprint density at radius 1 is 1.17 bits per heavy atom. The number of carbonyl (C=O) groups excluding carboxylic acids is 4. The number of esters is 2. The number of rotatable bonds is 7. The zero-order valence-electron chi connectivity index (χ0n) is 17.4. The Balaban J connectivity index is 1.88. The van der Waals surface area contributed by atoms with E-state index in [2.05, 4.69) is 5.32 Å². The molecule has 1 fully saturated rings. The molecule has 1 aromatic carbocycles. The number of hydrogen-bond donors (Lipinski definition) is 1. The molecule has 0 aromatic heterocycles. The first-order valence-electron chi connectivity index (χ1n) is 9.82. The van der Waals surface area contributed by atoms with Gasteiger partial charge in [-0.3, -0.25) is 14.4 Å². The van der Waals surface area contributed by atoms with Gasteiger partial charge in [-0.1, -0.05) is 37.6 Å². The molecule has 0 unspecified atom stereocenters. The number of benzene rings is 1. The molecule has 0 radical (unpaired) electrons. The van der Waals surface area contributed by atoms with Gasteiger partial charge in [0.05, 0.1) is 23.6 Å². The fraction of sp³-hybridized carbons (Fsp3) is 0.524. The van der Waals surface area contributed by atoms with E-state index in [1.807, 2.05) is 0 Å². The molecule has 1 aliphatic rings. The zero-order valence-corrected chi connectivity index (χ0v) is 18.1. The normalized spacial score (nSPS) is 15.4. The lowest BCUT2D eigenvalue weighted by atomic mass is 9.97. The van der Waals surface area contributed by atoms with Gasteiger partial charge in [0.1, 0.15) is 6.04 Å². The van der Waals surface area contributed by atoms with Gasteiger partial charge in [0.25, 0.3) is 11.8 Å². The molecule has 30 heavy (non-hydrogen) atoms. The van der Waals surface area contributed by atoms with Crippen LogP contribution in [0.15, 0.2) is 24.3 Å². The molecule has 1 N–H and O–H groups in total. The maximum Gasteiger partial charge on any atom is 0.329 e. The highest BCUT2D eigenvalue weighted by Crippen LogP contribution is 2.19. The average molecular weight is 439 g/mol. The van der Waals surface area contributed by atoms with Crippen molar-refractivity contribution in [3.05, 3.63) is 34.9 Å². The van der Waals surface area contributed by atoms with Crippen LogP contribution >= 0.6 is 11.6 Å². The molecule has 164 valence electrons. The molecule has 1 aromatic rings. The second-order valence-corrected chi connectivity index (χ2v) is 7.87. The third-order valence-electron chi connectivity index (χ3n) is 5.05. The van der Waals surface area contributed by atoms with Gasteiger partial charge in [-0.15, -0.1) is 0 Å². The van der Waals surface area contributed by atoms with Crippen molar-refractivity contribution in [1.29, 1.82) is 0 Å². The first kappa shape index (κ1) is 23.7. The maximum absolute atomic E-state index is 12.5. The van der Waals surface area contributed by atoms with Crippen molar-refractivity contribution in [3.8, 4) is 0 Å². The number of nitrogens with zero attached hydrogens (tertiary/aromatic N) is 1. The van der Waals surface area contributed by atoms with E-state index in [0.717, 1.165) is 0 Å². The molecule has 0 saturated carbocycles. The van der Waals surface area contributed by atoms with Crippen molar-refractivity contribution >= 4 is 35.4 Å². The molecular weight excluding hydrogens is 412 g/mol. The lowest BCUT2D eigenvalue weighted by Gasteiger charge is -2.30. The molecule has 2 rings (SSSR count). The van der Waals surface area contributed by atoms with Crippen LogP contribution in [0.3, 0.4) is 0 Å². The van der Waals surface area contributed by atoms with E-state index in [-0.39, 0.29) is 34.3 Å². The predicted molar refractivity (Wildman–Crippen MR) is 110 cm³/mol. The molecule has 9 heteroatoms. The Kier molecular flexibility index (Phi) is 8.65. The monoisotopic (exact) mass is 438 g/mol. The van der Waals surface area contributed by atoms with Crippen LogP contribution in [0.5, 0.6) is 0 Å². The second-order valence-electron chi connectivity index (χ2n) is 7.46. The summed E-state index contributed by atoms with van der Waals surface area (Å²) >= 11 is 6.03. The molecule has 1 heterocycles. The molecular formula is C21H27ClN2O6. The summed E-state index contributed by atoms with van der Waals surface area (Å²) < 4.78 is 9.90. The van der Waals surface area contributed by atoms with E-state index in [0.29, 0.717) is 25.9 Å². The van der Waals surface area contributed by atoms with Crippen molar-refractivity contribution in [1.82, 2.24) is 10.2 Å². The summed E-state index contributed by atoms with van der Waals surface area (Å²) in [4.78, 5) is 50.4. The second kappa shape index (κ2) is 11.0. The molecule has 1 atom stereocenters. The quantitative estimate of drug-likeness (QED) is 0.653. The molecule has 1 aliphatic heterocycles. The summed E-state index contributed by atoms with van der Waals surface area (Å²) in [6.07, 6.45) is 1.02. The largest absolute Gasteiger partial charge is 0.469 e. The number of carbonyl (C=O) groups is 4. The number of piperidine rings is 1. The summed E-state index contributed by atoms with van der Waals surface area (Å²) in [6.45, 7) is 3.89. The van der Waals surface area contributed by atoms with Gasteiger partial charge in [0, 0.05) is 13.1 Å². The summed E-state index contributed by atoms with van der Waals surface area (Å²) in [6, 6.07) is 5.59. The number of nitrogens with one attached hydrogen (secondary N) is 1. The number of methoxy groups -OCH3 is 1. The van der Waals surface area contributed by atoms with E-state index in [9.17, 15) is 19.2 Å². The average Bonchev–Trinajstić information content (AvgIpc) is 2.75. The van der Waals surface area contributed by atoms with Gasteiger partial charge >= 0.3 is 11.9 Å². The van der Waals surface area contributed by atoms with E-state index >= 15 is 0 Å². The van der Waals surface area contributed by atoms with Crippen molar-refractivity contribution in [3.63, 3.8) is 0 Å². The van der Waals surface area contributed by atoms with Gasteiger partial charge in [-0.2, -0.15) is 0 Å². The third kappa shape index (κ3) is 6.19. The fourth-order valence-electron chi connectivity index (χ4n) is 3.21. The molecule has 2 amide bonds. The Bertz CT molecular complexity index is 789. The Labute approximate surface area is 180 Å². The van der Waals surface area contributed by atoms with Crippen LogP contribution in [0, 0.1) is 11.8 Å². The summed E-state index contributed by atoms with van der Waals surface area (Å²) in [5.74, 6) is -2.27. The molecule has 8 nitrogen and oxygen atoms in total. The van der Waals surface area contributed by atoms with Gasteiger partial charge in [0.2, 0.25) is 0 Å². The van der Waals surface area contributed by atoms with Crippen molar-refractivity contribution < 1.29 is 28.7 Å². The van der Waals surface area contributed by atoms with Crippen LogP contribution in [0.25, 0.3) is 0 Å². The molecule has 1 saturated heterocycles. The SMILES string of the molecule is COC(=O)C1CCN(C(=O)COC(=O)[C@@H](NC(=O)c2ccccc2Cl)C(C)C)CC1. The fourth-order valence-corrected chi connectivity index (χ4v) is 3.43. The Hall–Kier alpha value is -2.61. The van der Waals surface area contributed by atoms with Gasteiger partial charge in [-0.25, -0.2) is 4.79 Å². The number of amides is 2. The summed E-state index contributed by atoms with van der Waals surface area (Å²) in [5, 5.41) is 2.90.